The summed E-state index contributed by atoms with van der Waals surface area (Å²) in [5.74, 6) is -0.273. The number of aryl methyl sites for hydroxylation is 2. The van der Waals surface area contributed by atoms with Gasteiger partial charge in [0.25, 0.3) is 0 Å². The first kappa shape index (κ1) is 15.0. The van der Waals surface area contributed by atoms with E-state index >= 15 is 0 Å². The SMILES string of the molecule is CCOC(=O)c1cc2c(nc1C)C(=Cc1cccs1)CCC2. The Morgan fingerprint density at radius 2 is 2.32 bits per heavy atom. The number of allylic oxidation sites excluding steroid dienone is 1. The molecule has 2 heterocycles. The molecule has 3 rings (SSSR count). The Morgan fingerprint density at radius 3 is 3.05 bits per heavy atom. The summed E-state index contributed by atoms with van der Waals surface area (Å²) < 4.78 is 5.12. The second kappa shape index (κ2) is 6.44. The Balaban J connectivity index is 2.01. The van der Waals surface area contributed by atoms with Crippen LogP contribution in [0.1, 0.15) is 52.0 Å². The summed E-state index contributed by atoms with van der Waals surface area (Å²) in [5, 5.41) is 2.08. The number of ether oxygens (including phenoxy) is 1. The van der Waals surface area contributed by atoms with Crippen molar-refractivity contribution in [1.29, 1.82) is 0 Å². The van der Waals surface area contributed by atoms with E-state index in [1.54, 1.807) is 11.3 Å². The summed E-state index contributed by atoms with van der Waals surface area (Å²) >= 11 is 1.73. The first-order valence-electron chi connectivity index (χ1n) is 7.61. The average molecular weight is 313 g/mol. The average Bonchev–Trinajstić information content (AvgIpc) is 3.00. The highest BCUT2D eigenvalue weighted by Gasteiger charge is 2.20. The van der Waals surface area contributed by atoms with Crippen molar-refractivity contribution in [2.75, 3.05) is 6.61 Å². The molecule has 1 aliphatic carbocycles. The number of hydrogen-bond acceptors (Lipinski definition) is 4. The quantitative estimate of drug-likeness (QED) is 0.783. The lowest BCUT2D eigenvalue weighted by atomic mass is 9.89. The molecule has 0 bridgehead atoms. The van der Waals surface area contributed by atoms with E-state index in [2.05, 4.69) is 23.6 Å². The molecule has 1 aliphatic rings. The third kappa shape index (κ3) is 2.97. The van der Waals surface area contributed by atoms with Crippen molar-refractivity contribution in [1.82, 2.24) is 4.98 Å². The van der Waals surface area contributed by atoms with Gasteiger partial charge >= 0.3 is 5.97 Å². The summed E-state index contributed by atoms with van der Waals surface area (Å²) in [6, 6.07) is 6.15. The van der Waals surface area contributed by atoms with Crippen LogP contribution in [-0.2, 0) is 11.2 Å². The van der Waals surface area contributed by atoms with E-state index in [9.17, 15) is 4.79 Å². The molecule has 114 valence electrons. The van der Waals surface area contributed by atoms with Gasteiger partial charge in [0.05, 0.1) is 23.6 Å². The molecular formula is C18H19NO2S. The van der Waals surface area contributed by atoms with Gasteiger partial charge < -0.3 is 4.74 Å². The zero-order chi connectivity index (χ0) is 15.5. The predicted molar refractivity (Wildman–Crippen MR) is 90.1 cm³/mol. The summed E-state index contributed by atoms with van der Waals surface area (Å²) in [7, 11) is 0. The van der Waals surface area contributed by atoms with Gasteiger partial charge in [0, 0.05) is 4.88 Å². The number of hydrogen-bond donors (Lipinski definition) is 0. The maximum Gasteiger partial charge on any atom is 0.339 e. The number of rotatable bonds is 3. The number of fused-ring (bicyclic) bond motifs is 1. The molecule has 22 heavy (non-hydrogen) atoms. The molecule has 0 saturated carbocycles. The van der Waals surface area contributed by atoms with Gasteiger partial charge in [0.1, 0.15) is 0 Å². The zero-order valence-corrected chi connectivity index (χ0v) is 13.7. The van der Waals surface area contributed by atoms with Crippen LogP contribution < -0.4 is 0 Å². The van der Waals surface area contributed by atoms with Crippen molar-refractivity contribution in [2.45, 2.75) is 33.1 Å². The van der Waals surface area contributed by atoms with E-state index in [4.69, 9.17) is 9.72 Å². The molecule has 0 saturated heterocycles. The number of carbonyl (C=O) groups excluding carboxylic acids is 1. The lowest BCUT2D eigenvalue weighted by Crippen LogP contribution is -2.13. The Kier molecular flexibility index (Phi) is 4.39. The maximum absolute atomic E-state index is 12.0. The van der Waals surface area contributed by atoms with Gasteiger partial charge in [-0.05, 0) is 67.8 Å². The Bertz CT molecular complexity index is 717. The van der Waals surface area contributed by atoms with Crippen LogP contribution in [0.4, 0.5) is 0 Å². The van der Waals surface area contributed by atoms with E-state index in [1.165, 1.54) is 10.5 Å². The van der Waals surface area contributed by atoms with Crippen LogP contribution in [0.3, 0.4) is 0 Å². The van der Waals surface area contributed by atoms with Crippen molar-refractivity contribution in [3.05, 3.63) is 51.0 Å². The van der Waals surface area contributed by atoms with E-state index < -0.39 is 0 Å². The topological polar surface area (TPSA) is 39.2 Å². The van der Waals surface area contributed by atoms with Crippen LogP contribution in [-0.4, -0.2) is 17.6 Å². The molecule has 0 amide bonds. The summed E-state index contributed by atoms with van der Waals surface area (Å²) in [6.45, 7) is 4.09. The Morgan fingerprint density at radius 1 is 1.45 bits per heavy atom. The fraction of sp³-hybridized carbons (Fsp3) is 0.333. The van der Waals surface area contributed by atoms with Gasteiger partial charge in [0.15, 0.2) is 0 Å². The summed E-state index contributed by atoms with van der Waals surface area (Å²) in [4.78, 5) is 18.0. The van der Waals surface area contributed by atoms with Crippen molar-refractivity contribution < 1.29 is 9.53 Å². The standard InChI is InChI=1S/C18H19NO2S/c1-3-21-18(20)16-11-14-7-4-6-13(17(14)19-12(16)2)10-15-8-5-9-22-15/h5,8-11H,3-4,6-7H2,1-2H3. The van der Waals surface area contributed by atoms with Crippen LogP contribution in [0.5, 0.6) is 0 Å². The van der Waals surface area contributed by atoms with Crippen LogP contribution >= 0.6 is 11.3 Å². The highest BCUT2D eigenvalue weighted by Crippen LogP contribution is 2.33. The molecule has 0 N–H and O–H groups in total. The molecule has 0 radical (unpaired) electrons. The molecule has 0 spiro atoms. The van der Waals surface area contributed by atoms with E-state index in [-0.39, 0.29) is 5.97 Å². The molecule has 0 unspecified atom stereocenters. The number of carbonyl (C=O) groups is 1. The Labute approximate surface area is 134 Å². The van der Waals surface area contributed by atoms with Gasteiger partial charge in [-0.2, -0.15) is 0 Å². The molecule has 0 atom stereocenters. The molecule has 0 fully saturated rings. The first-order valence-corrected chi connectivity index (χ1v) is 8.49. The second-order valence-corrected chi connectivity index (χ2v) is 6.37. The second-order valence-electron chi connectivity index (χ2n) is 5.39. The number of pyridine rings is 1. The number of aromatic nitrogens is 1. The molecule has 2 aromatic heterocycles. The van der Waals surface area contributed by atoms with Crippen LogP contribution in [0, 0.1) is 6.92 Å². The van der Waals surface area contributed by atoms with E-state index in [0.717, 1.165) is 36.2 Å². The highest BCUT2D eigenvalue weighted by molar-refractivity contribution is 7.10. The van der Waals surface area contributed by atoms with Crippen LogP contribution in [0.15, 0.2) is 23.6 Å². The third-order valence-electron chi connectivity index (χ3n) is 3.84. The van der Waals surface area contributed by atoms with E-state index in [1.807, 2.05) is 19.9 Å². The lowest BCUT2D eigenvalue weighted by molar-refractivity contribution is 0.0525. The maximum atomic E-state index is 12.0. The zero-order valence-electron chi connectivity index (χ0n) is 12.9. The van der Waals surface area contributed by atoms with Gasteiger partial charge in [-0.25, -0.2) is 4.79 Å². The normalized spacial score (nSPS) is 15.6. The van der Waals surface area contributed by atoms with Crippen molar-refractivity contribution in [3.8, 4) is 0 Å². The lowest BCUT2D eigenvalue weighted by Gasteiger charge is -2.20. The molecule has 2 aromatic rings. The van der Waals surface area contributed by atoms with Gasteiger partial charge in [0.2, 0.25) is 0 Å². The molecular weight excluding hydrogens is 294 g/mol. The summed E-state index contributed by atoms with van der Waals surface area (Å²) in [6.07, 6.45) is 5.32. The minimum Gasteiger partial charge on any atom is -0.462 e. The number of thiophene rings is 1. The predicted octanol–water partition coefficient (Wildman–Crippen LogP) is 4.51. The van der Waals surface area contributed by atoms with Crippen molar-refractivity contribution in [2.24, 2.45) is 0 Å². The molecule has 3 nitrogen and oxygen atoms in total. The molecule has 0 aromatic carbocycles. The fourth-order valence-corrected chi connectivity index (χ4v) is 3.49. The molecule has 4 heteroatoms. The fourth-order valence-electron chi connectivity index (χ4n) is 2.80. The molecule has 0 aliphatic heterocycles. The van der Waals surface area contributed by atoms with E-state index in [0.29, 0.717) is 12.2 Å². The number of esters is 1. The van der Waals surface area contributed by atoms with Gasteiger partial charge in [-0.3, -0.25) is 4.98 Å². The third-order valence-corrected chi connectivity index (χ3v) is 4.66. The highest BCUT2D eigenvalue weighted by atomic mass is 32.1. The Hall–Kier alpha value is -1.94. The monoisotopic (exact) mass is 313 g/mol. The summed E-state index contributed by atoms with van der Waals surface area (Å²) in [5.41, 5.74) is 4.81. The number of nitrogens with zero attached hydrogens (tertiary/aromatic N) is 1. The smallest absolute Gasteiger partial charge is 0.339 e. The first-order chi connectivity index (χ1) is 10.7. The van der Waals surface area contributed by atoms with Crippen LogP contribution in [0.2, 0.25) is 0 Å². The minimum atomic E-state index is -0.273. The minimum absolute atomic E-state index is 0.273. The van der Waals surface area contributed by atoms with Crippen molar-refractivity contribution in [3.63, 3.8) is 0 Å². The van der Waals surface area contributed by atoms with Crippen LogP contribution in [0.25, 0.3) is 11.6 Å². The van der Waals surface area contributed by atoms with Crippen molar-refractivity contribution >= 4 is 29.0 Å². The largest absolute Gasteiger partial charge is 0.462 e. The van der Waals surface area contributed by atoms with Gasteiger partial charge in [-0.1, -0.05) is 6.07 Å². The van der Waals surface area contributed by atoms with Gasteiger partial charge in [-0.15, -0.1) is 11.3 Å².